The summed E-state index contributed by atoms with van der Waals surface area (Å²) in [7, 11) is 1.95. The van der Waals surface area contributed by atoms with Crippen LogP contribution in [0.5, 0.6) is 5.75 Å². The van der Waals surface area contributed by atoms with Crippen LogP contribution in [-0.2, 0) is 0 Å². The molecule has 2 aromatic rings. The molecule has 0 aromatic heterocycles. The van der Waals surface area contributed by atoms with Crippen molar-refractivity contribution in [2.75, 3.05) is 11.9 Å². The lowest BCUT2D eigenvalue weighted by atomic mass is 10.1. The van der Waals surface area contributed by atoms with Crippen LogP contribution in [0.15, 0.2) is 42.5 Å². The third kappa shape index (κ3) is 2.88. The van der Waals surface area contributed by atoms with Crippen molar-refractivity contribution < 1.29 is 10.2 Å². The van der Waals surface area contributed by atoms with Gasteiger partial charge in [0, 0.05) is 30.1 Å². The Labute approximate surface area is 113 Å². The lowest BCUT2D eigenvalue weighted by Crippen LogP contribution is -2.09. The van der Waals surface area contributed by atoms with Crippen LogP contribution in [-0.4, -0.2) is 17.3 Å². The fourth-order valence-electron chi connectivity index (χ4n) is 2.01. The molecule has 0 aliphatic heterocycles. The van der Waals surface area contributed by atoms with Crippen LogP contribution in [0, 0.1) is 6.92 Å². The average molecular weight is 257 g/mol. The van der Waals surface area contributed by atoms with Gasteiger partial charge in [-0.1, -0.05) is 23.8 Å². The Morgan fingerprint density at radius 2 is 1.58 bits per heavy atom. The number of aliphatic hydroxyl groups is 1. The maximum absolute atomic E-state index is 9.92. The summed E-state index contributed by atoms with van der Waals surface area (Å²) in [6.07, 6.45) is -0.668. The Kier molecular flexibility index (Phi) is 3.76. The zero-order chi connectivity index (χ0) is 14.0. The molecule has 0 saturated carbocycles. The van der Waals surface area contributed by atoms with Crippen LogP contribution in [0.25, 0.3) is 0 Å². The highest BCUT2D eigenvalue weighted by Crippen LogP contribution is 2.31. The van der Waals surface area contributed by atoms with E-state index in [1.807, 2.05) is 37.1 Å². The van der Waals surface area contributed by atoms with Crippen LogP contribution < -0.4 is 4.90 Å². The van der Waals surface area contributed by atoms with Gasteiger partial charge in [-0.05, 0) is 32.0 Å². The summed E-state index contributed by atoms with van der Waals surface area (Å²) in [5.74, 6) is 0.117. The summed E-state index contributed by atoms with van der Waals surface area (Å²) in [5, 5.41) is 19.4. The van der Waals surface area contributed by atoms with E-state index in [2.05, 4.69) is 12.1 Å². The van der Waals surface area contributed by atoms with Crippen LogP contribution in [0.4, 0.5) is 11.4 Å². The number of hydrogen-bond acceptors (Lipinski definition) is 3. The largest absolute Gasteiger partial charge is 0.507 e. The van der Waals surface area contributed by atoms with Gasteiger partial charge in [-0.15, -0.1) is 0 Å². The quantitative estimate of drug-likeness (QED) is 0.884. The highest BCUT2D eigenvalue weighted by Gasteiger charge is 2.10. The molecule has 3 nitrogen and oxygen atoms in total. The van der Waals surface area contributed by atoms with E-state index in [0.29, 0.717) is 5.56 Å². The van der Waals surface area contributed by atoms with E-state index in [-0.39, 0.29) is 5.75 Å². The Hall–Kier alpha value is -2.00. The van der Waals surface area contributed by atoms with Crippen molar-refractivity contribution in [3.63, 3.8) is 0 Å². The normalized spacial score (nSPS) is 12.2. The van der Waals surface area contributed by atoms with Gasteiger partial charge in [0.2, 0.25) is 0 Å². The predicted molar refractivity (Wildman–Crippen MR) is 78.0 cm³/mol. The maximum atomic E-state index is 9.92. The van der Waals surface area contributed by atoms with Gasteiger partial charge in [0.15, 0.2) is 0 Å². The first-order valence-electron chi connectivity index (χ1n) is 6.30. The van der Waals surface area contributed by atoms with Crippen LogP contribution in [0.2, 0.25) is 0 Å². The Morgan fingerprint density at radius 3 is 2.11 bits per heavy atom. The SMILES string of the molecule is Cc1ccc(N(C)c2ccc(C(C)O)c(O)c2)cc1. The molecule has 0 spiro atoms. The van der Waals surface area contributed by atoms with Crippen LogP contribution >= 0.6 is 0 Å². The maximum Gasteiger partial charge on any atom is 0.123 e. The fourth-order valence-corrected chi connectivity index (χ4v) is 2.01. The van der Waals surface area contributed by atoms with Crippen molar-refractivity contribution in [2.24, 2.45) is 0 Å². The first kappa shape index (κ1) is 13.4. The topological polar surface area (TPSA) is 43.7 Å². The number of phenolic OH excluding ortho intramolecular Hbond substituents is 1. The number of aryl methyl sites for hydroxylation is 1. The van der Waals surface area contributed by atoms with E-state index in [1.165, 1.54) is 5.56 Å². The summed E-state index contributed by atoms with van der Waals surface area (Å²) in [5.41, 5.74) is 3.69. The highest BCUT2D eigenvalue weighted by molar-refractivity contribution is 5.65. The zero-order valence-corrected chi connectivity index (χ0v) is 11.5. The summed E-state index contributed by atoms with van der Waals surface area (Å²) in [6, 6.07) is 13.5. The van der Waals surface area contributed by atoms with Gasteiger partial charge >= 0.3 is 0 Å². The lowest BCUT2D eigenvalue weighted by Gasteiger charge is -2.21. The van der Waals surface area contributed by atoms with Gasteiger partial charge in [0.05, 0.1) is 6.10 Å². The number of anilines is 2. The Bertz CT molecular complexity index is 561. The molecule has 100 valence electrons. The molecular formula is C16H19NO2. The van der Waals surface area contributed by atoms with Crippen LogP contribution in [0.1, 0.15) is 24.2 Å². The average Bonchev–Trinajstić information content (AvgIpc) is 2.38. The third-order valence-corrected chi connectivity index (χ3v) is 3.27. The van der Waals surface area contributed by atoms with Crippen molar-refractivity contribution in [3.05, 3.63) is 53.6 Å². The summed E-state index contributed by atoms with van der Waals surface area (Å²) < 4.78 is 0. The molecule has 0 radical (unpaired) electrons. The monoisotopic (exact) mass is 257 g/mol. The molecule has 0 aliphatic rings. The van der Waals surface area contributed by atoms with Crippen molar-refractivity contribution >= 4 is 11.4 Å². The van der Waals surface area contributed by atoms with E-state index in [4.69, 9.17) is 0 Å². The standard InChI is InChI=1S/C16H19NO2/c1-11-4-6-13(7-5-11)17(3)14-8-9-15(12(2)18)16(19)10-14/h4-10,12,18-19H,1-3H3. The molecule has 0 heterocycles. The molecular weight excluding hydrogens is 238 g/mol. The molecule has 1 unspecified atom stereocenters. The van der Waals surface area contributed by atoms with Gasteiger partial charge < -0.3 is 15.1 Å². The molecule has 1 atom stereocenters. The van der Waals surface area contributed by atoms with Crippen molar-refractivity contribution in [1.82, 2.24) is 0 Å². The molecule has 0 fully saturated rings. The minimum absolute atomic E-state index is 0.117. The molecule has 2 rings (SSSR count). The van der Waals surface area contributed by atoms with Gasteiger partial charge in [0.1, 0.15) is 5.75 Å². The lowest BCUT2D eigenvalue weighted by molar-refractivity contribution is 0.195. The number of benzene rings is 2. The van der Waals surface area contributed by atoms with E-state index < -0.39 is 6.10 Å². The van der Waals surface area contributed by atoms with Crippen LogP contribution in [0.3, 0.4) is 0 Å². The predicted octanol–water partition coefficient (Wildman–Crippen LogP) is 3.52. The van der Waals surface area contributed by atoms with E-state index >= 15 is 0 Å². The minimum atomic E-state index is -0.668. The second-order valence-corrected chi connectivity index (χ2v) is 4.81. The molecule has 0 bridgehead atoms. The fraction of sp³-hybridized carbons (Fsp3) is 0.250. The summed E-state index contributed by atoms with van der Waals surface area (Å²) >= 11 is 0. The minimum Gasteiger partial charge on any atom is -0.507 e. The van der Waals surface area contributed by atoms with Crippen molar-refractivity contribution in [2.45, 2.75) is 20.0 Å². The second kappa shape index (κ2) is 5.33. The highest BCUT2D eigenvalue weighted by atomic mass is 16.3. The van der Waals surface area contributed by atoms with E-state index in [9.17, 15) is 10.2 Å². The van der Waals surface area contributed by atoms with Gasteiger partial charge in [-0.25, -0.2) is 0 Å². The summed E-state index contributed by atoms with van der Waals surface area (Å²) in [6.45, 7) is 3.69. The number of rotatable bonds is 3. The molecule has 0 aliphatic carbocycles. The second-order valence-electron chi connectivity index (χ2n) is 4.81. The number of nitrogens with zero attached hydrogens (tertiary/aromatic N) is 1. The Morgan fingerprint density at radius 1 is 1.00 bits per heavy atom. The number of aromatic hydroxyl groups is 1. The smallest absolute Gasteiger partial charge is 0.123 e. The number of phenols is 1. The number of hydrogen-bond donors (Lipinski definition) is 2. The molecule has 19 heavy (non-hydrogen) atoms. The first-order valence-corrected chi connectivity index (χ1v) is 6.30. The first-order chi connectivity index (χ1) is 8.99. The van der Waals surface area contributed by atoms with E-state index in [0.717, 1.165) is 11.4 Å². The van der Waals surface area contributed by atoms with Gasteiger partial charge in [0.25, 0.3) is 0 Å². The van der Waals surface area contributed by atoms with Gasteiger partial charge in [-0.3, -0.25) is 0 Å². The third-order valence-electron chi connectivity index (χ3n) is 3.27. The molecule has 3 heteroatoms. The van der Waals surface area contributed by atoms with Crippen molar-refractivity contribution in [3.8, 4) is 5.75 Å². The molecule has 2 aromatic carbocycles. The zero-order valence-electron chi connectivity index (χ0n) is 11.5. The number of aliphatic hydroxyl groups excluding tert-OH is 1. The summed E-state index contributed by atoms with van der Waals surface area (Å²) in [4.78, 5) is 1.99. The van der Waals surface area contributed by atoms with Gasteiger partial charge in [-0.2, -0.15) is 0 Å². The molecule has 0 saturated heterocycles. The molecule has 0 amide bonds. The Balaban J connectivity index is 2.31. The van der Waals surface area contributed by atoms with Crippen molar-refractivity contribution in [1.29, 1.82) is 0 Å². The molecule has 2 N–H and O–H groups in total. The van der Waals surface area contributed by atoms with E-state index in [1.54, 1.807) is 19.1 Å².